The summed E-state index contributed by atoms with van der Waals surface area (Å²) in [6.45, 7) is 1.13. The molecule has 0 bridgehead atoms. The number of carbonyl (C=O) groups excluding carboxylic acids is 1. The van der Waals surface area contributed by atoms with Crippen molar-refractivity contribution in [3.63, 3.8) is 0 Å². The third-order valence-corrected chi connectivity index (χ3v) is 4.80. The highest BCUT2D eigenvalue weighted by molar-refractivity contribution is 6.30. The van der Waals surface area contributed by atoms with Gasteiger partial charge in [0.2, 0.25) is 5.91 Å². The Morgan fingerprint density at radius 2 is 1.82 bits per heavy atom. The average Bonchev–Trinajstić information content (AvgIpc) is 3.29. The minimum Gasteiger partial charge on any atom is -0.481 e. The summed E-state index contributed by atoms with van der Waals surface area (Å²) in [4.78, 5) is 23.3. The maximum atomic E-state index is 12.4. The fraction of sp³-hybridized carbons (Fsp3) is 0.500. The lowest BCUT2D eigenvalue weighted by Crippen LogP contribution is -2.50. The van der Waals surface area contributed by atoms with Crippen molar-refractivity contribution in [3.8, 4) is 0 Å². The standard InChI is InChI=1S/C16H18ClNO4/c17-11-3-1-10(2-4-11)16(5-7-22-8-6-16)18-14(19)12-9-13(12)15(20)21/h1-4,12-13H,5-9H2,(H,18,19)(H,20,21). The van der Waals surface area contributed by atoms with Gasteiger partial charge in [0.15, 0.2) is 0 Å². The number of rotatable bonds is 4. The highest BCUT2D eigenvalue weighted by atomic mass is 35.5. The summed E-state index contributed by atoms with van der Waals surface area (Å²) in [5, 5.41) is 12.7. The first-order valence-electron chi connectivity index (χ1n) is 7.40. The molecule has 1 heterocycles. The molecule has 0 spiro atoms. The summed E-state index contributed by atoms with van der Waals surface area (Å²) in [5.41, 5.74) is 0.493. The van der Waals surface area contributed by atoms with E-state index < -0.39 is 23.3 Å². The van der Waals surface area contributed by atoms with Crippen molar-refractivity contribution in [1.29, 1.82) is 0 Å². The van der Waals surface area contributed by atoms with Crippen molar-refractivity contribution in [2.45, 2.75) is 24.8 Å². The van der Waals surface area contributed by atoms with Crippen molar-refractivity contribution >= 4 is 23.5 Å². The SMILES string of the molecule is O=C(O)C1CC1C(=O)NC1(c2ccc(Cl)cc2)CCOCC1. The number of carbonyl (C=O) groups is 2. The van der Waals surface area contributed by atoms with Gasteiger partial charge in [-0.05, 0) is 37.0 Å². The van der Waals surface area contributed by atoms with E-state index in [1.54, 1.807) is 12.1 Å². The second-order valence-corrected chi connectivity index (χ2v) is 6.41. The summed E-state index contributed by atoms with van der Waals surface area (Å²) in [7, 11) is 0. The van der Waals surface area contributed by atoms with Crippen LogP contribution in [-0.2, 0) is 19.9 Å². The molecule has 1 saturated carbocycles. The van der Waals surface area contributed by atoms with Gasteiger partial charge in [-0.2, -0.15) is 0 Å². The van der Waals surface area contributed by atoms with Gasteiger partial charge in [0.25, 0.3) is 0 Å². The maximum Gasteiger partial charge on any atom is 0.307 e. The Labute approximate surface area is 133 Å². The molecule has 1 amide bonds. The summed E-state index contributed by atoms with van der Waals surface area (Å²) in [6, 6.07) is 7.43. The molecule has 1 saturated heterocycles. The van der Waals surface area contributed by atoms with Crippen molar-refractivity contribution < 1.29 is 19.4 Å². The first-order valence-corrected chi connectivity index (χ1v) is 7.78. The van der Waals surface area contributed by atoms with Crippen molar-refractivity contribution in [2.75, 3.05) is 13.2 Å². The summed E-state index contributed by atoms with van der Waals surface area (Å²) < 4.78 is 5.42. The second kappa shape index (κ2) is 5.89. The van der Waals surface area contributed by atoms with E-state index in [-0.39, 0.29) is 5.91 Å². The van der Waals surface area contributed by atoms with Crippen LogP contribution in [0.4, 0.5) is 0 Å². The lowest BCUT2D eigenvalue weighted by Gasteiger charge is -2.38. The van der Waals surface area contributed by atoms with Gasteiger partial charge >= 0.3 is 5.97 Å². The fourth-order valence-electron chi connectivity index (χ4n) is 3.06. The van der Waals surface area contributed by atoms with Crippen LogP contribution in [0.1, 0.15) is 24.8 Å². The zero-order valence-corrected chi connectivity index (χ0v) is 12.8. The minimum absolute atomic E-state index is 0.177. The molecular weight excluding hydrogens is 306 g/mol. The topological polar surface area (TPSA) is 75.6 Å². The molecule has 22 heavy (non-hydrogen) atoms. The molecule has 2 unspecified atom stereocenters. The van der Waals surface area contributed by atoms with Crippen LogP contribution >= 0.6 is 11.6 Å². The van der Waals surface area contributed by atoms with Gasteiger partial charge in [0.1, 0.15) is 0 Å². The van der Waals surface area contributed by atoms with Crippen LogP contribution in [0.2, 0.25) is 5.02 Å². The Bertz CT molecular complexity index is 580. The van der Waals surface area contributed by atoms with Crippen LogP contribution in [0.15, 0.2) is 24.3 Å². The van der Waals surface area contributed by atoms with E-state index in [4.69, 9.17) is 21.4 Å². The number of ether oxygens (including phenoxy) is 1. The number of benzene rings is 1. The Hall–Kier alpha value is -1.59. The summed E-state index contributed by atoms with van der Waals surface area (Å²) in [6.07, 6.45) is 1.77. The molecule has 1 aliphatic heterocycles. The largest absolute Gasteiger partial charge is 0.481 e. The molecule has 118 valence electrons. The number of amides is 1. The monoisotopic (exact) mass is 323 g/mol. The molecule has 5 nitrogen and oxygen atoms in total. The lowest BCUT2D eigenvalue weighted by molar-refractivity contribution is -0.140. The van der Waals surface area contributed by atoms with Crippen molar-refractivity contribution in [2.24, 2.45) is 11.8 Å². The number of nitrogens with one attached hydrogen (secondary N) is 1. The molecular formula is C16H18ClNO4. The lowest BCUT2D eigenvalue weighted by atomic mass is 9.82. The van der Waals surface area contributed by atoms with E-state index in [1.165, 1.54) is 0 Å². The smallest absolute Gasteiger partial charge is 0.307 e. The van der Waals surface area contributed by atoms with Gasteiger partial charge < -0.3 is 15.2 Å². The van der Waals surface area contributed by atoms with Crippen molar-refractivity contribution in [3.05, 3.63) is 34.9 Å². The van der Waals surface area contributed by atoms with E-state index in [0.717, 1.165) is 5.56 Å². The van der Waals surface area contributed by atoms with Crippen LogP contribution in [0.25, 0.3) is 0 Å². The Balaban J connectivity index is 1.79. The van der Waals surface area contributed by atoms with E-state index in [0.29, 0.717) is 37.5 Å². The van der Waals surface area contributed by atoms with E-state index in [2.05, 4.69) is 5.32 Å². The zero-order valence-electron chi connectivity index (χ0n) is 12.0. The maximum absolute atomic E-state index is 12.4. The fourth-order valence-corrected chi connectivity index (χ4v) is 3.19. The molecule has 6 heteroatoms. The number of hydrogen-bond donors (Lipinski definition) is 2. The molecule has 0 radical (unpaired) electrons. The molecule has 1 aromatic carbocycles. The molecule has 1 aliphatic carbocycles. The Morgan fingerprint density at radius 1 is 1.18 bits per heavy atom. The third kappa shape index (κ3) is 2.96. The Kier molecular flexibility index (Phi) is 4.10. The van der Waals surface area contributed by atoms with Gasteiger partial charge in [-0.1, -0.05) is 23.7 Å². The predicted molar refractivity (Wildman–Crippen MR) is 80.6 cm³/mol. The van der Waals surface area contributed by atoms with Gasteiger partial charge in [0, 0.05) is 18.2 Å². The number of carboxylic acid groups (broad SMARTS) is 1. The number of aliphatic carboxylic acids is 1. The first-order chi connectivity index (χ1) is 10.5. The van der Waals surface area contributed by atoms with Crippen LogP contribution in [0, 0.1) is 11.8 Å². The molecule has 2 atom stereocenters. The van der Waals surface area contributed by atoms with Crippen LogP contribution in [0.3, 0.4) is 0 Å². The third-order valence-electron chi connectivity index (χ3n) is 4.55. The highest BCUT2D eigenvalue weighted by Crippen LogP contribution is 2.41. The number of hydrogen-bond acceptors (Lipinski definition) is 3. The average molecular weight is 324 g/mol. The van der Waals surface area contributed by atoms with Crippen molar-refractivity contribution in [1.82, 2.24) is 5.32 Å². The molecule has 2 N–H and O–H groups in total. The van der Waals surface area contributed by atoms with Gasteiger partial charge in [-0.15, -0.1) is 0 Å². The second-order valence-electron chi connectivity index (χ2n) is 5.98. The normalized spacial score (nSPS) is 26.2. The first kappa shape index (κ1) is 15.3. The molecule has 3 rings (SSSR count). The van der Waals surface area contributed by atoms with Crippen LogP contribution < -0.4 is 5.32 Å². The molecule has 2 aliphatic rings. The highest BCUT2D eigenvalue weighted by Gasteiger charge is 2.50. The summed E-state index contributed by atoms with van der Waals surface area (Å²) in [5.74, 6) is -2.02. The van der Waals surface area contributed by atoms with Gasteiger partial charge in [-0.25, -0.2) is 0 Å². The Morgan fingerprint density at radius 3 is 2.36 bits per heavy atom. The van der Waals surface area contributed by atoms with Gasteiger partial charge in [-0.3, -0.25) is 9.59 Å². The zero-order chi connectivity index (χ0) is 15.7. The van der Waals surface area contributed by atoms with E-state index in [9.17, 15) is 9.59 Å². The molecule has 0 aromatic heterocycles. The van der Waals surface area contributed by atoms with Crippen LogP contribution in [-0.4, -0.2) is 30.2 Å². The number of halogens is 1. The van der Waals surface area contributed by atoms with Gasteiger partial charge in [0.05, 0.1) is 17.4 Å². The predicted octanol–water partition coefficient (Wildman–Crippen LogP) is 2.18. The van der Waals surface area contributed by atoms with E-state index in [1.807, 2.05) is 12.1 Å². The van der Waals surface area contributed by atoms with Crippen LogP contribution in [0.5, 0.6) is 0 Å². The minimum atomic E-state index is -0.896. The summed E-state index contributed by atoms with van der Waals surface area (Å²) >= 11 is 5.94. The van der Waals surface area contributed by atoms with E-state index >= 15 is 0 Å². The number of carboxylic acids is 1. The molecule has 2 fully saturated rings. The quantitative estimate of drug-likeness (QED) is 0.890. The molecule has 1 aromatic rings.